The van der Waals surface area contributed by atoms with E-state index >= 15 is 0 Å². The zero-order valence-corrected chi connectivity index (χ0v) is 12.3. The Balaban J connectivity index is 2.43. The Bertz CT molecular complexity index is 564. The van der Waals surface area contributed by atoms with Gasteiger partial charge >= 0.3 is 0 Å². The van der Waals surface area contributed by atoms with Crippen molar-refractivity contribution < 1.29 is 4.39 Å². The second-order valence-electron chi connectivity index (χ2n) is 4.88. The average molecular weight is 272 g/mol. The predicted octanol–water partition coefficient (Wildman–Crippen LogP) is 4.01. The second-order valence-corrected chi connectivity index (χ2v) is 4.88. The number of anilines is 2. The topological polar surface area (TPSA) is 15.3 Å². The van der Waals surface area contributed by atoms with E-state index in [1.165, 1.54) is 11.6 Å². The minimum Gasteiger partial charge on any atom is -0.342 e. The highest BCUT2D eigenvalue weighted by molar-refractivity contribution is 5.66. The van der Waals surface area contributed by atoms with Gasteiger partial charge in [0.05, 0.1) is 0 Å². The zero-order valence-electron chi connectivity index (χ0n) is 12.3. The SMILES string of the molecule is CCN(c1ccc(C)cc1)c1ccc(F)cc1CNC. The van der Waals surface area contributed by atoms with Crippen molar-refractivity contribution in [2.24, 2.45) is 0 Å². The van der Waals surface area contributed by atoms with Gasteiger partial charge < -0.3 is 10.2 Å². The third kappa shape index (κ3) is 3.17. The number of halogens is 1. The standard InChI is InChI=1S/C17H21FN2/c1-4-20(16-8-5-13(2)6-9-16)17-10-7-15(18)11-14(17)12-19-3/h5-11,19H,4,12H2,1-3H3. The van der Waals surface area contributed by atoms with Crippen LogP contribution in [0.25, 0.3) is 0 Å². The van der Waals surface area contributed by atoms with Crippen molar-refractivity contribution in [3.8, 4) is 0 Å². The molecule has 0 heterocycles. The van der Waals surface area contributed by atoms with E-state index in [0.29, 0.717) is 6.54 Å². The molecular weight excluding hydrogens is 251 g/mol. The van der Waals surface area contributed by atoms with Crippen molar-refractivity contribution in [2.75, 3.05) is 18.5 Å². The summed E-state index contributed by atoms with van der Waals surface area (Å²) in [6, 6.07) is 13.4. The average Bonchev–Trinajstić information content (AvgIpc) is 2.44. The summed E-state index contributed by atoms with van der Waals surface area (Å²) < 4.78 is 13.4. The van der Waals surface area contributed by atoms with E-state index in [1.807, 2.05) is 13.1 Å². The Hall–Kier alpha value is -1.87. The largest absolute Gasteiger partial charge is 0.342 e. The summed E-state index contributed by atoms with van der Waals surface area (Å²) >= 11 is 0. The molecule has 2 aromatic rings. The number of aryl methyl sites for hydroxylation is 1. The Morgan fingerprint density at radius 3 is 2.40 bits per heavy atom. The molecule has 0 unspecified atom stereocenters. The molecule has 0 aliphatic carbocycles. The van der Waals surface area contributed by atoms with Crippen molar-refractivity contribution in [3.63, 3.8) is 0 Å². The number of nitrogens with one attached hydrogen (secondary N) is 1. The molecule has 106 valence electrons. The highest BCUT2D eigenvalue weighted by Crippen LogP contribution is 2.29. The van der Waals surface area contributed by atoms with Crippen LogP contribution < -0.4 is 10.2 Å². The van der Waals surface area contributed by atoms with Gasteiger partial charge in [0.2, 0.25) is 0 Å². The number of nitrogens with zero attached hydrogens (tertiary/aromatic N) is 1. The third-order valence-corrected chi connectivity index (χ3v) is 3.36. The predicted molar refractivity (Wildman–Crippen MR) is 83.0 cm³/mol. The van der Waals surface area contributed by atoms with Crippen LogP contribution in [0, 0.1) is 12.7 Å². The van der Waals surface area contributed by atoms with E-state index in [4.69, 9.17) is 0 Å². The molecule has 0 atom stereocenters. The first-order valence-corrected chi connectivity index (χ1v) is 6.93. The van der Waals surface area contributed by atoms with Gasteiger partial charge in [-0.25, -0.2) is 4.39 Å². The summed E-state index contributed by atoms with van der Waals surface area (Å²) in [7, 11) is 1.87. The molecule has 0 fully saturated rings. The van der Waals surface area contributed by atoms with Crippen LogP contribution >= 0.6 is 0 Å². The summed E-state index contributed by atoms with van der Waals surface area (Å²) in [6.45, 7) is 5.66. The van der Waals surface area contributed by atoms with Crippen molar-refractivity contribution >= 4 is 11.4 Å². The molecule has 0 aliphatic rings. The zero-order chi connectivity index (χ0) is 14.5. The van der Waals surface area contributed by atoms with Gasteiger partial charge in [0.25, 0.3) is 0 Å². The van der Waals surface area contributed by atoms with E-state index in [9.17, 15) is 4.39 Å². The molecule has 2 aromatic carbocycles. The summed E-state index contributed by atoms with van der Waals surface area (Å²) in [6.07, 6.45) is 0. The molecule has 0 spiro atoms. The van der Waals surface area contributed by atoms with Gasteiger partial charge in [0.15, 0.2) is 0 Å². The highest BCUT2D eigenvalue weighted by atomic mass is 19.1. The summed E-state index contributed by atoms with van der Waals surface area (Å²) in [5.74, 6) is -0.195. The maximum Gasteiger partial charge on any atom is 0.123 e. The van der Waals surface area contributed by atoms with Gasteiger partial charge in [-0.15, -0.1) is 0 Å². The van der Waals surface area contributed by atoms with Gasteiger partial charge in [0, 0.05) is 24.5 Å². The lowest BCUT2D eigenvalue weighted by atomic mass is 10.1. The smallest absolute Gasteiger partial charge is 0.123 e. The summed E-state index contributed by atoms with van der Waals surface area (Å²) in [5.41, 5.74) is 4.38. The minimum absolute atomic E-state index is 0.195. The number of rotatable bonds is 5. The number of hydrogen-bond acceptors (Lipinski definition) is 2. The van der Waals surface area contributed by atoms with Crippen LogP contribution in [0.4, 0.5) is 15.8 Å². The third-order valence-electron chi connectivity index (χ3n) is 3.36. The van der Waals surface area contributed by atoms with E-state index < -0.39 is 0 Å². The normalized spacial score (nSPS) is 10.6. The lowest BCUT2D eigenvalue weighted by molar-refractivity contribution is 0.623. The number of benzene rings is 2. The van der Waals surface area contributed by atoms with Gasteiger partial charge in [0.1, 0.15) is 5.82 Å². The molecule has 0 bridgehead atoms. The van der Waals surface area contributed by atoms with Crippen LogP contribution in [0.2, 0.25) is 0 Å². The first-order chi connectivity index (χ1) is 9.65. The lowest BCUT2D eigenvalue weighted by Crippen LogP contribution is -2.19. The van der Waals surface area contributed by atoms with Crippen LogP contribution in [0.3, 0.4) is 0 Å². The molecule has 1 N–H and O–H groups in total. The van der Waals surface area contributed by atoms with Crippen LogP contribution in [0.5, 0.6) is 0 Å². The van der Waals surface area contributed by atoms with E-state index in [1.54, 1.807) is 6.07 Å². The molecular formula is C17H21FN2. The first kappa shape index (κ1) is 14.5. The van der Waals surface area contributed by atoms with Gasteiger partial charge in [-0.05, 0) is 56.8 Å². The highest BCUT2D eigenvalue weighted by Gasteiger charge is 2.12. The number of hydrogen-bond donors (Lipinski definition) is 1. The van der Waals surface area contributed by atoms with Crippen molar-refractivity contribution in [2.45, 2.75) is 20.4 Å². The van der Waals surface area contributed by atoms with Crippen LogP contribution in [-0.2, 0) is 6.54 Å². The van der Waals surface area contributed by atoms with Crippen molar-refractivity contribution in [1.29, 1.82) is 0 Å². The molecule has 3 heteroatoms. The van der Waals surface area contributed by atoms with E-state index in [-0.39, 0.29) is 5.82 Å². The molecule has 0 aliphatic heterocycles. The maximum atomic E-state index is 13.4. The fraction of sp³-hybridized carbons (Fsp3) is 0.294. The Morgan fingerprint density at radius 2 is 1.80 bits per heavy atom. The summed E-state index contributed by atoms with van der Waals surface area (Å²) in [5, 5.41) is 3.10. The lowest BCUT2D eigenvalue weighted by Gasteiger charge is -2.26. The van der Waals surface area contributed by atoms with E-state index in [2.05, 4.69) is 48.3 Å². The molecule has 0 amide bonds. The van der Waals surface area contributed by atoms with Gasteiger partial charge in [-0.2, -0.15) is 0 Å². The molecule has 0 aromatic heterocycles. The summed E-state index contributed by atoms with van der Waals surface area (Å²) in [4.78, 5) is 2.20. The van der Waals surface area contributed by atoms with Gasteiger partial charge in [-0.3, -0.25) is 0 Å². The molecule has 2 nitrogen and oxygen atoms in total. The quantitative estimate of drug-likeness (QED) is 0.884. The molecule has 2 rings (SSSR count). The minimum atomic E-state index is -0.195. The van der Waals surface area contributed by atoms with Crippen molar-refractivity contribution in [3.05, 3.63) is 59.4 Å². The van der Waals surface area contributed by atoms with Gasteiger partial charge in [-0.1, -0.05) is 17.7 Å². The fourth-order valence-corrected chi connectivity index (χ4v) is 2.37. The fourth-order valence-electron chi connectivity index (χ4n) is 2.37. The van der Waals surface area contributed by atoms with Crippen molar-refractivity contribution in [1.82, 2.24) is 5.32 Å². The molecule has 20 heavy (non-hydrogen) atoms. The maximum absolute atomic E-state index is 13.4. The Morgan fingerprint density at radius 1 is 1.10 bits per heavy atom. The van der Waals surface area contributed by atoms with Crippen LogP contribution in [0.1, 0.15) is 18.1 Å². The van der Waals surface area contributed by atoms with Crippen LogP contribution in [0.15, 0.2) is 42.5 Å². The Kier molecular flexibility index (Phi) is 4.74. The second kappa shape index (κ2) is 6.53. The molecule has 0 saturated heterocycles. The van der Waals surface area contributed by atoms with Crippen LogP contribution in [-0.4, -0.2) is 13.6 Å². The Labute approximate surface area is 120 Å². The monoisotopic (exact) mass is 272 g/mol. The molecule has 0 saturated carbocycles. The van der Waals surface area contributed by atoms with E-state index in [0.717, 1.165) is 23.5 Å². The molecule has 0 radical (unpaired) electrons. The first-order valence-electron chi connectivity index (χ1n) is 6.93.